The smallest absolute Gasteiger partial charge is 0.123 e. The fraction of sp³-hybridized carbons (Fsp3) is 0.189. The van der Waals surface area contributed by atoms with E-state index in [1.807, 2.05) is 84.9 Å². The highest BCUT2D eigenvalue weighted by Gasteiger charge is 2.37. The van der Waals surface area contributed by atoms with E-state index in [4.69, 9.17) is 4.74 Å². The first-order valence-electron chi connectivity index (χ1n) is 14.1. The molecular formula is C37H36O3. The van der Waals surface area contributed by atoms with Crippen LogP contribution in [0, 0.1) is 0 Å². The molecule has 0 unspecified atom stereocenters. The Morgan fingerprint density at radius 1 is 0.550 bits per heavy atom. The standard InChI is InChI=1S/C37H36O3/c1-3-23-37(29-15-19-32(20-16-29)40-24-4-2,30-17-21-35(38)33(25-30)27-11-7-5-8-12-27)31-18-22-36(39)34(26-31)28-13-9-6-10-14-28/h5-22,25-26,38-39H,3-4,23-24H2,1-2H3. The van der Waals surface area contributed by atoms with E-state index in [9.17, 15) is 10.2 Å². The average molecular weight is 529 g/mol. The SMILES string of the molecule is CCCOc1ccc(C(CCC)(c2ccc(O)c(-c3ccccc3)c2)c2ccc(O)c(-c3ccccc3)c2)cc1. The molecule has 0 aliphatic rings. The van der Waals surface area contributed by atoms with Crippen LogP contribution in [0.4, 0.5) is 0 Å². The predicted molar refractivity (Wildman–Crippen MR) is 164 cm³/mol. The van der Waals surface area contributed by atoms with Crippen LogP contribution in [0.2, 0.25) is 0 Å². The lowest BCUT2D eigenvalue weighted by Crippen LogP contribution is -2.29. The highest BCUT2D eigenvalue weighted by molar-refractivity contribution is 5.74. The Morgan fingerprint density at radius 3 is 1.48 bits per heavy atom. The molecule has 0 aliphatic heterocycles. The first-order valence-corrected chi connectivity index (χ1v) is 14.1. The van der Waals surface area contributed by atoms with E-state index >= 15 is 0 Å². The molecule has 0 radical (unpaired) electrons. The minimum atomic E-state index is -0.535. The molecule has 5 aromatic carbocycles. The summed E-state index contributed by atoms with van der Waals surface area (Å²) in [5.74, 6) is 1.35. The van der Waals surface area contributed by atoms with Gasteiger partial charge in [-0.1, -0.05) is 105 Å². The number of rotatable bonds is 10. The zero-order valence-corrected chi connectivity index (χ0v) is 23.2. The minimum Gasteiger partial charge on any atom is -0.507 e. The van der Waals surface area contributed by atoms with Crippen molar-refractivity contribution in [3.8, 4) is 39.5 Å². The van der Waals surface area contributed by atoms with Crippen molar-refractivity contribution in [3.05, 3.63) is 138 Å². The van der Waals surface area contributed by atoms with Gasteiger partial charge in [-0.05, 0) is 77.1 Å². The predicted octanol–water partition coefficient (Wildman–Crippen LogP) is 9.36. The van der Waals surface area contributed by atoms with Gasteiger partial charge in [-0.2, -0.15) is 0 Å². The Bertz CT molecular complexity index is 1450. The molecule has 2 N–H and O–H groups in total. The Kier molecular flexibility index (Phi) is 8.21. The maximum absolute atomic E-state index is 10.9. The molecule has 202 valence electrons. The molecule has 3 heteroatoms. The summed E-state index contributed by atoms with van der Waals surface area (Å²) in [7, 11) is 0. The maximum atomic E-state index is 10.9. The highest BCUT2D eigenvalue weighted by atomic mass is 16.5. The number of aromatic hydroxyl groups is 2. The van der Waals surface area contributed by atoms with Gasteiger partial charge in [0.15, 0.2) is 0 Å². The van der Waals surface area contributed by atoms with Crippen molar-refractivity contribution in [2.45, 2.75) is 38.5 Å². The van der Waals surface area contributed by atoms with Crippen molar-refractivity contribution in [1.82, 2.24) is 0 Å². The number of hydrogen-bond acceptors (Lipinski definition) is 3. The van der Waals surface area contributed by atoms with E-state index in [1.54, 1.807) is 12.1 Å². The summed E-state index contributed by atoms with van der Waals surface area (Å²) in [5, 5.41) is 21.8. The third kappa shape index (κ3) is 5.33. The van der Waals surface area contributed by atoms with Crippen molar-refractivity contribution in [3.63, 3.8) is 0 Å². The lowest BCUT2D eigenvalue weighted by molar-refractivity contribution is 0.317. The maximum Gasteiger partial charge on any atom is 0.123 e. The minimum absolute atomic E-state index is 0.249. The summed E-state index contributed by atoms with van der Waals surface area (Å²) < 4.78 is 5.91. The second-order valence-corrected chi connectivity index (χ2v) is 10.2. The normalized spacial score (nSPS) is 11.3. The molecule has 3 nitrogen and oxygen atoms in total. The Balaban J connectivity index is 1.76. The van der Waals surface area contributed by atoms with E-state index < -0.39 is 5.41 Å². The van der Waals surface area contributed by atoms with Crippen molar-refractivity contribution in [2.75, 3.05) is 6.61 Å². The lowest BCUT2D eigenvalue weighted by Gasteiger charge is -2.37. The van der Waals surface area contributed by atoms with Crippen LogP contribution >= 0.6 is 0 Å². The van der Waals surface area contributed by atoms with E-state index in [2.05, 4.69) is 38.1 Å². The van der Waals surface area contributed by atoms with Gasteiger partial charge in [0.2, 0.25) is 0 Å². The van der Waals surface area contributed by atoms with Crippen LogP contribution in [0.1, 0.15) is 49.8 Å². The molecule has 0 amide bonds. The topological polar surface area (TPSA) is 49.7 Å². The van der Waals surface area contributed by atoms with E-state index in [0.29, 0.717) is 6.61 Å². The lowest BCUT2D eigenvalue weighted by atomic mass is 9.66. The molecule has 0 atom stereocenters. The molecule has 5 rings (SSSR count). The Hall–Kier alpha value is -4.50. The number of benzene rings is 5. The quantitative estimate of drug-likeness (QED) is 0.178. The molecule has 5 aromatic rings. The zero-order chi connectivity index (χ0) is 28.0. The summed E-state index contributed by atoms with van der Waals surface area (Å²) in [4.78, 5) is 0. The van der Waals surface area contributed by atoms with Crippen molar-refractivity contribution < 1.29 is 14.9 Å². The van der Waals surface area contributed by atoms with Crippen LogP contribution < -0.4 is 4.74 Å². The molecule has 0 saturated carbocycles. The van der Waals surface area contributed by atoms with Gasteiger partial charge in [0, 0.05) is 16.5 Å². The Labute approximate surface area is 237 Å². The van der Waals surface area contributed by atoms with E-state index in [-0.39, 0.29) is 11.5 Å². The number of phenols is 2. The van der Waals surface area contributed by atoms with Crippen LogP contribution in [0.25, 0.3) is 22.3 Å². The average Bonchev–Trinajstić information content (AvgIpc) is 3.01. The second-order valence-electron chi connectivity index (χ2n) is 10.2. The summed E-state index contributed by atoms with van der Waals surface area (Å²) in [6, 6.07) is 40.3. The molecular weight excluding hydrogens is 492 g/mol. The van der Waals surface area contributed by atoms with Gasteiger partial charge in [0.1, 0.15) is 17.2 Å². The molecule has 0 saturated heterocycles. The van der Waals surface area contributed by atoms with Gasteiger partial charge < -0.3 is 14.9 Å². The van der Waals surface area contributed by atoms with Gasteiger partial charge in [0.05, 0.1) is 6.61 Å². The molecule has 0 aromatic heterocycles. The summed E-state index contributed by atoms with van der Waals surface area (Å²) >= 11 is 0. The van der Waals surface area contributed by atoms with Gasteiger partial charge >= 0.3 is 0 Å². The summed E-state index contributed by atoms with van der Waals surface area (Å²) in [6.07, 6.45) is 2.71. The molecule has 0 bridgehead atoms. The molecule has 0 fully saturated rings. The zero-order valence-electron chi connectivity index (χ0n) is 23.2. The molecule has 0 heterocycles. The number of hydrogen-bond donors (Lipinski definition) is 2. The van der Waals surface area contributed by atoms with Crippen LogP contribution in [-0.4, -0.2) is 16.8 Å². The largest absolute Gasteiger partial charge is 0.507 e. The summed E-state index contributed by atoms with van der Waals surface area (Å²) in [6.45, 7) is 4.98. The molecule has 0 aliphatic carbocycles. The highest BCUT2D eigenvalue weighted by Crippen LogP contribution is 2.47. The second kappa shape index (κ2) is 12.1. The van der Waals surface area contributed by atoms with Crippen LogP contribution in [0.15, 0.2) is 121 Å². The van der Waals surface area contributed by atoms with Gasteiger partial charge in [-0.15, -0.1) is 0 Å². The van der Waals surface area contributed by atoms with Crippen molar-refractivity contribution in [1.29, 1.82) is 0 Å². The van der Waals surface area contributed by atoms with E-state index in [1.165, 1.54) is 0 Å². The fourth-order valence-electron chi connectivity index (χ4n) is 5.66. The van der Waals surface area contributed by atoms with Crippen LogP contribution in [0.3, 0.4) is 0 Å². The third-order valence-corrected chi connectivity index (χ3v) is 7.59. The molecule has 0 spiro atoms. The third-order valence-electron chi connectivity index (χ3n) is 7.59. The van der Waals surface area contributed by atoms with Gasteiger partial charge in [-0.3, -0.25) is 0 Å². The van der Waals surface area contributed by atoms with Crippen molar-refractivity contribution in [2.24, 2.45) is 0 Å². The van der Waals surface area contributed by atoms with Crippen LogP contribution in [0.5, 0.6) is 17.2 Å². The van der Waals surface area contributed by atoms with Gasteiger partial charge in [-0.25, -0.2) is 0 Å². The first kappa shape index (κ1) is 27.1. The Morgan fingerprint density at radius 2 is 1.02 bits per heavy atom. The summed E-state index contributed by atoms with van der Waals surface area (Å²) in [5.41, 5.74) is 6.28. The first-order chi connectivity index (χ1) is 19.6. The number of phenolic OH excluding ortho intramolecular Hbond substituents is 2. The molecule has 40 heavy (non-hydrogen) atoms. The monoisotopic (exact) mass is 528 g/mol. The van der Waals surface area contributed by atoms with Crippen LogP contribution in [-0.2, 0) is 5.41 Å². The van der Waals surface area contributed by atoms with E-state index in [0.717, 1.165) is 64.0 Å². The number of ether oxygens (including phenoxy) is 1. The van der Waals surface area contributed by atoms with Crippen molar-refractivity contribution >= 4 is 0 Å². The van der Waals surface area contributed by atoms with Gasteiger partial charge in [0.25, 0.3) is 0 Å². The fourth-order valence-corrected chi connectivity index (χ4v) is 5.66.